The molecule has 1 aliphatic rings. The zero-order chi connectivity index (χ0) is 18.7. The van der Waals surface area contributed by atoms with Crippen LogP contribution < -0.4 is 0 Å². The first kappa shape index (κ1) is 17.8. The summed E-state index contributed by atoms with van der Waals surface area (Å²) < 4.78 is 0. The van der Waals surface area contributed by atoms with Crippen LogP contribution in [0.1, 0.15) is 23.3 Å². The standard InChI is InChI=1S/C21H22N4OS/c22-20(19-18(24-15-27-19)17-6-10-23-11-7-17)25-12-8-21(26,9-13-25)14-16-4-2-1-3-5-16/h1-7,10-11,15,22,26H,8-9,12-14H2. The summed E-state index contributed by atoms with van der Waals surface area (Å²) in [5, 5.41) is 19.7. The second-order valence-corrected chi connectivity index (χ2v) is 7.84. The number of rotatable bonds is 4. The van der Waals surface area contributed by atoms with Crippen LogP contribution in [0.2, 0.25) is 0 Å². The SMILES string of the molecule is N=C(c1scnc1-c1ccncc1)N1CCC(O)(Cc2ccccc2)CC1. The minimum absolute atomic E-state index is 0.492. The van der Waals surface area contributed by atoms with Crippen molar-refractivity contribution in [1.82, 2.24) is 14.9 Å². The van der Waals surface area contributed by atoms with Crippen LogP contribution in [0, 0.1) is 5.41 Å². The molecule has 0 aliphatic carbocycles. The molecule has 1 aromatic carbocycles. The van der Waals surface area contributed by atoms with Crippen molar-refractivity contribution in [3.8, 4) is 11.3 Å². The minimum atomic E-state index is -0.695. The predicted octanol–water partition coefficient (Wildman–Crippen LogP) is 3.60. The highest BCUT2D eigenvalue weighted by Crippen LogP contribution is 2.30. The summed E-state index contributed by atoms with van der Waals surface area (Å²) in [5.74, 6) is 0.492. The zero-order valence-corrected chi connectivity index (χ0v) is 15.8. The molecule has 2 N–H and O–H groups in total. The fraction of sp³-hybridized carbons (Fsp3) is 0.286. The number of aromatic nitrogens is 2. The topological polar surface area (TPSA) is 73.1 Å². The van der Waals surface area contributed by atoms with Crippen LogP contribution in [0.5, 0.6) is 0 Å². The van der Waals surface area contributed by atoms with E-state index >= 15 is 0 Å². The largest absolute Gasteiger partial charge is 0.389 e. The fourth-order valence-electron chi connectivity index (χ4n) is 3.57. The molecule has 0 unspecified atom stereocenters. The van der Waals surface area contributed by atoms with Crippen molar-refractivity contribution in [2.24, 2.45) is 0 Å². The van der Waals surface area contributed by atoms with Crippen molar-refractivity contribution in [3.05, 3.63) is 70.8 Å². The second kappa shape index (κ2) is 7.58. The number of nitrogens with one attached hydrogen (secondary N) is 1. The van der Waals surface area contributed by atoms with E-state index in [0.29, 0.717) is 38.2 Å². The average molecular weight is 379 g/mol. The number of pyridine rings is 1. The molecule has 1 saturated heterocycles. The Hall–Kier alpha value is -2.57. The quantitative estimate of drug-likeness (QED) is 0.537. The number of benzene rings is 1. The highest BCUT2D eigenvalue weighted by Gasteiger charge is 2.34. The number of likely N-dealkylation sites (tertiary alicyclic amines) is 1. The average Bonchev–Trinajstić information content (AvgIpc) is 3.19. The van der Waals surface area contributed by atoms with Gasteiger partial charge in [-0.15, -0.1) is 11.3 Å². The number of piperidine rings is 1. The summed E-state index contributed by atoms with van der Waals surface area (Å²) in [6.45, 7) is 1.35. The maximum Gasteiger partial charge on any atom is 0.140 e. The van der Waals surface area contributed by atoms with Gasteiger partial charge in [-0.05, 0) is 30.5 Å². The third-order valence-electron chi connectivity index (χ3n) is 5.12. The van der Waals surface area contributed by atoms with Gasteiger partial charge < -0.3 is 10.0 Å². The third kappa shape index (κ3) is 3.91. The summed E-state index contributed by atoms with van der Waals surface area (Å²) in [6, 6.07) is 14.0. The first-order valence-corrected chi connectivity index (χ1v) is 9.97. The van der Waals surface area contributed by atoms with Gasteiger partial charge >= 0.3 is 0 Å². The van der Waals surface area contributed by atoms with E-state index in [1.165, 1.54) is 11.3 Å². The Bertz CT molecular complexity index is 902. The highest BCUT2D eigenvalue weighted by atomic mass is 32.1. The predicted molar refractivity (Wildman–Crippen MR) is 108 cm³/mol. The van der Waals surface area contributed by atoms with Crippen molar-refractivity contribution < 1.29 is 5.11 Å². The van der Waals surface area contributed by atoms with Crippen molar-refractivity contribution >= 4 is 17.2 Å². The van der Waals surface area contributed by atoms with E-state index in [2.05, 4.69) is 27.0 Å². The van der Waals surface area contributed by atoms with Crippen LogP contribution in [0.25, 0.3) is 11.3 Å². The Morgan fingerprint density at radius 3 is 2.52 bits per heavy atom. The van der Waals surface area contributed by atoms with Gasteiger partial charge in [0.15, 0.2) is 0 Å². The molecule has 138 valence electrons. The lowest BCUT2D eigenvalue weighted by atomic mass is 9.85. The summed E-state index contributed by atoms with van der Waals surface area (Å²) in [6.07, 6.45) is 5.47. The van der Waals surface area contributed by atoms with Crippen molar-refractivity contribution in [1.29, 1.82) is 5.41 Å². The molecular weight excluding hydrogens is 356 g/mol. The second-order valence-electron chi connectivity index (χ2n) is 6.99. The van der Waals surface area contributed by atoms with Crippen LogP contribution in [0.4, 0.5) is 0 Å². The van der Waals surface area contributed by atoms with Gasteiger partial charge in [0.25, 0.3) is 0 Å². The van der Waals surface area contributed by atoms with Gasteiger partial charge in [-0.2, -0.15) is 0 Å². The molecule has 0 spiro atoms. The van der Waals surface area contributed by atoms with Crippen molar-refractivity contribution in [2.75, 3.05) is 13.1 Å². The number of nitrogens with zero attached hydrogens (tertiary/aromatic N) is 3. The highest BCUT2D eigenvalue weighted by molar-refractivity contribution is 7.12. The monoisotopic (exact) mass is 378 g/mol. The lowest BCUT2D eigenvalue weighted by Gasteiger charge is -2.39. The molecule has 3 aromatic rings. The van der Waals surface area contributed by atoms with Gasteiger partial charge in [-0.1, -0.05) is 30.3 Å². The summed E-state index contributed by atoms with van der Waals surface area (Å²) in [7, 11) is 0. The van der Waals surface area contributed by atoms with E-state index in [1.54, 1.807) is 17.9 Å². The molecule has 0 atom stereocenters. The Kier molecular flexibility index (Phi) is 5.01. The first-order chi connectivity index (χ1) is 13.1. The molecule has 4 rings (SSSR count). The Labute approximate surface area is 162 Å². The minimum Gasteiger partial charge on any atom is -0.389 e. The molecule has 1 aliphatic heterocycles. The van der Waals surface area contributed by atoms with Crippen molar-refractivity contribution in [2.45, 2.75) is 24.9 Å². The molecule has 1 fully saturated rings. The molecule has 0 radical (unpaired) electrons. The molecule has 6 heteroatoms. The molecule has 0 bridgehead atoms. The summed E-state index contributed by atoms with van der Waals surface area (Å²) >= 11 is 1.49. The summed E-state index contributed by atoms with van der Waals surface area (Å²) in [4.78, 5) is 11.4. The van der Waals surface area contributed by atoms with Crippen LogP contribution >= 0.6 is 11.3 Å². The van der Waals surface area contributed by atoms with Gasteiger partial charge in [0.1, 0.15) is 5.84 Å². The van der Waals surface area contributed by atoms with Crippen LogP contribution in [-0.4, -0.2) is 44.5 Å². The van der Waals surface area contributed by atoms with Crippen LogP contribution in [-0.2, 0) is 6.42 Å². The van der Waals surface area contributed by atoms with E-state index in [0.717, 1.165) is 21.7 Å². The van der Waals surface area contributed by atoms with E-state index in [-0.39, 0.29) is 0 Å². The summed E-state index contributed by atoms with van der Waals surface area (Å²) in [5.41, 5.74) is 4.06. The first-order valence-electron chi connectivity index (χ1n) is 9.09. The smallest absolute Gasteiger partial charge is 0.140 e. The van der Waals surface area contributed by atoms with Gasteiger partial charge in [-0.3, -0.25) is 10.4 Å². The van der Waals surface area contributed by atoms with E-state index < -0.39 is 5.60 Å². The lowest BCUT2D eigenvalue weighted by molar-refractivity contribution is -0.00687. The molecule has 2 aromatic heterocycles. The Morgan fingerprint density at radius 1 is 1.11 bits per heavy atom. The zero-order valence-electron chi connectivity index (χ0n) is 15.0. The molecule has 0 saturated carbocycles. The van der Waals surface area contributed by atoms with Gasteiger partial charge in [-0.25, -0.2) is 4.98 Å². The number of hydrogen-bond donors (Lipinski definition) is 2. The number of hydrogen-bond acceptors (Lipinski definition) is 5. The Morgan fingerprint density at radius 2 is 1.81 bits per heavy atom. The normalized spacial score (nSPS) is 16.3. The van der Waals surface area contributed by atoms with Crippen LogP contribution in [0.15, 0.2) is 60.4 Å². The van der Waals surface area contributed by atoms with E-state index in [1.807, 2.05) is 30.3 Å². The molecule has 27 heavy (non-hydrogen) atoms. The number of amidine groups is 1. The maximum absolute atomic E-state index is 11.0. The van der Waals surface area contributed by atoms with Crippen LogP contribution in [0.3, 0.4) is 0 Å². The van der Waals surface area contributed by atoms with E-state index in [9.17, 15) is 5.11 Å². The fourth-order valence-corrected chi connectivity index (χ4v) is 4.36. The Balaban J connectivity index is 1.45. The van der Waals surface area contributed by atoms with E-state index in [4.69, 9.17) is 5.41 Å². The van der Waals surface area contributed by atoms with Gasteiger partial charge in [0, 0.05) is 37.5 Å². The lowest BCUT2D eigenvalue weighted by Crippen LogP contribution is -2.47. The maximum atomic E-state index is 11.0. The molecule has 3 heterocycles. The van der Waals surface area contributed by atoms with Gasteiger partial charge in [0.05, 0.1) is 21.7 Å². The molecule has 5 nitrogen and oxygen atoms in total. The van der Waals surface area contributed by atoms with Crippen molar-refractivity contribution in [3.63, 3.8) is 0 Å². The number of thiazole rings is 1. The molecular formula is C21H22N4OS. The molecule has 0 amide bonds. The third-order valence-corrected chi connectivity index (χ3v) is 5.96. The van der Waals surface area contributed by atoms with Gasteiger partial charge in [0.2, 0.25) is 0 Å². The number of aliphatic hydroxyl groups is 1.